The summed E-state index contributed by atoms with van der Waals surface area (Å²) in [6.07, 6.45) is 2.65. The smallest absolute Gasteiger partial charge is 0.0615 e. The summed E-state index contributed by atoms with van der Waals surface area (Å²) in [5.41, 5.74) is 0. The molecule has 2 nitrogen and oxygen atoms in total. The van der Waals surface area contributed by atoms with E-state index in [9.17, 15) is 0 Å². The van der Waals surface area contributed by atoms with Crippen LogP contribution >= 0.6 is 0 Å². The lowest BCUT2D eigenvalue weighted by Gasteiger charge is -2.11. The number of nitrogens with one attached hydrogen (secondary N) is 1. The van der Waals surface area contributed by atoms with Gasteiger partial charge >= 0.3 is 0 Å². The molecule has 1 aliphatic rings. The van der Waals surface area contributed by atoms with Gasteiger partial charge in [0, 0.05) is 13.2 Å². The average molecular weight is 171 g/mol. The Morgan fingerprint density at radius 1 is 1.50 bits per heavy atom. The van der Waals surface area contributed by atoms with Gasteiger partial charge in [-0.1, -0.05) is 13.8 Å². The van der Waals surface area contributed by atoms with Gasteiger partial charge in [-0.15, -0.1) is 0 Å². The minimum Gasteiger partial charge on any atom is -0.383 e. The highest BCUT2D eigenvalue weighted by molar-refractivity contribution is 4.81. The largest absolute Gasteiger partial charge is 0.383 e. The van der Waals surface area contributed by atoms with Crippen molar-refractivity contribution in [3.63, 3.8) is 0 Å². The van der Waals surface area contributed by atoms with Gasteiger partial charge in [0.1, 0.15) is 0 Å². The zero-order valence-corrected chi connectivity index (χ0v) is 8.47. The first kappa shape index (κ1) is 10.0. The topological polar surface area (TPSA) is 21.3 Å². The monoisotopic (exact) mass is 171 g/mol. The van der Waals surface area contributed by atoms with E-state index in [1.165, 1.54) is 19.4 Å². The van der Waals surface area contributed by atoms with Gasteiger partial charge in [0.15, 0.2) is 0 Å². The SMILES string of the molecule is COCC1CC(CC(C)C)CN1. The first-order valence-corrected chi connectivity index (χ1v) is 4.94. The standard InChI is InChI=1S/C10H21NO/c1-8(2)4-9-5-10(7-12-3)11-6-9/h8-11H,4-7H2,1-3H3. The molecule has 1 rings (SSSR count). The van der Waals surface area contributed by atoms with Crippen molar-refractivity contribution in [2.24, 2.45) is 11.8 Å². The molecular weight excluding hydrogens is 150 g/mol. The zero-order chi connectivity index (χ0) is 8.97. The molecule has 0 saturated carbocycles. The van der Waals surface area contributed by atoms with Crippen LogP contribution in [0.15, 0.2) is 0 Å². The van der Waals surface area contributed by atoms with E-state index in [1.54, 1.807) is 7.11 Å². The fourth-order valence-electron chi connectivity index (χ4n) is 2.08. The summed E-state index contributed by atoms with van der Waals surface area (Å²) in [6.45, 7) is 6.65. The van der Waals surface area contributed by atoms with Gasteiger partial charge in [-0.05, 0) is 31.2 Å². The second-order valence-electron chi connectivity index (χ2n) is 4.29. The van der Waals surface area contributed by atoms with Crippen molar-refractivity contribution in [3.05, 3.63) is 0 Å². The molecule has 0 aromatic carbocycles. The van der Waals surface area contributed by atoms with Gasteiger partial charge in [0.25, 0.3) is 0 Å². The highest BCUT2D eigenvalue weighted by atomic mass is 16.5. The predicted octanol–water partition coefficient (Wildman–Crippen LogP) is 1.66. The van der Waals surface area contributed by atoms with Crippen molar-refractivity contribution in [2.75, 3.05) is 20.3 Å². The Balaban J connectivity index is 2.16. The number of methoxy groups -OCH3 is 1. The number of ether oxygens (including phenoxy) is 1. The molecule has 1 fully saturated rings. The molecule has 0 aromatic rings. The van der Waals surface area contributed by atoms with Crippen LogP contribution in [-0.4, -0.2) is 26.3 Å². The van der Waals surface area contributed by atoms with E-state index >= 15 is 0 Å². The molecule has 0 aromatic heterocycles. The Hall–Kier alpha value is -0.0800. The van der Waals surface area contributed by atoms with E-state index in [0.717, 1.165) is 18.4 Å². The van der Waals surface area contributed by atoms with E-state index in [0.29, 0.717) is 6.04 Å². The van der Waals surface area contributed by atoms with Gasteiger partial charge in [0.2, 0.25) is 0 Å². The van der Waals surface area contributed by atoms with Crippen LogP contribution in [0.25, 0.3) is 0 Å². The van der Waals surface area contributed by atoms with Crippen LogP contribution in [-0.2, 0) is 4.74 Å². The number of hydrogen-bond acceptors (Lipinski definition) is 2. The molecule has 0 aliphatic carbocycles. The summed E-state index contributed by atoms with van der Waals surface area (Å²) < 4.78 is 5.12. The lowest BCUT2D eigenvalue weighted by molar-refractivity contribution is 0.172. The van der Waals surface area contributed by atoms with Crippen LogP contribution in [0.5, 0.6) is 0 Å². The Labute approximate surface area is 75.7 Å². The molecular formula is C10H21NO. The van der Waals surface area contributed by atoms with Gasteiger partial charge < -0.3 is 10.1 Å². The second kappa shape index (κ2) is 4.83. The molecule has 12 heavy (non-hydrogen) atoms. The van der Waals surface area contributed by atoms with Crippen molar-refractivity contribution in [1.29, 1.82) is 0 Å². The molecule has 0 amide bonds. The third-order valence-electron chi connectivity index (χ3n) is 2.49. The van der Waals surface area contributed by atoms with E-state index < -0.39 is 0 Å². The first-order valence-electron chi connectivity index (χ1n) is 4.94. The predicted molar refractivity (Wildman–Crippen MR) is 51.2 cm³/mol. The molecule has 0 radical (unpaired) electrons. The number of rotatable bonds is 4. The molecule has 1 heterocycles. The zero-order valence-electron chi connectivity index (χ0n) is 8.47. The van der Waals surface area contributed by atoms with E-state index in [-0.39, 0.29) is 0 Å². The summed E-state index contributed by atoms with van der Waals surface area (Å²) in [5.74, 6) is 1.71. The molecule has 0 bridgehead atoms. The third-order valence-corrected chi connectivity index (χ3v) is 2.49. The highest BCUT2D eigenvalue weighted by Gasteiger charge is 2.23. The normalized spacial score (nSPS) is 30.0. The van der Waals surface area contributed by atoms with E-state index in [2.05, 4.69) is 19.2 Å². The van der Waals surface area contributed by atoms with Crippen LogP contribution in [0.4, 0.5) is 0 Å². The van der Waals surface area contributed by atoms with Gasteiger partial charge in [-0.2, -0.15) is 0 Å². The fraction of sp³-hybridized carbons (Fsp3) is 1.00. The quantitative estimate of drug-likeness (QED) is 0.694. The molecule has 2 unspecified atom stereocenters. The maximum absolute atomic E-state index is 5.12. The van der Waals surface area contributed by atoms with Crippen molar-refractivity contribution in [1.82, 2.24) is 5.32 Å². The molecule has 2 heteroatoms. The lowest BCUT2D eigenvalue weighted by atomic mass is 9.95. The third kappa shape index (κ3) is 3.11. The molecule has 2 atom stereocenters. The minimum atomic E-state index is 0.610. The van der Waals surface area contributed by atoms with Crippen molar-refractivity contribution in [2.45, 2.75) is 32.7 Å². The van der Waals surface area contributed by atoms with E-state index in [4.69, 9.17) is 4.74 Å². The fourth-order valence-corrected chi connectivity index (χ4v) is 2.08. The van der Waals surface area contributed by atoms with Gasteiger partial charge in [0.05, 0.1) is 6.61 Å². The second-order valence-corrected chi connectivity index (χ2v) is 4.29. The van der Waals surface area contributed by atoms with Crippen LogP contribution in [0.2, 0.25) is 0 Å². The summed E-state index contributed by atoms with van der Waals surface area (Å²) in [7, 11) is 1.78. The number of hydrogen-bond donors (Lipinski definition) is 1. The van der Waals surface area contributed by atoms with Crippen molar-refractivity contribution < 1.29 is 4.74 Å². The molecule has 0 spiro atoms. The van der Waals surface area contributed by atoms with Crippen LogP contribution in [0.1, 0.15) is 26.7 Å². The Kier molecular flexibility index (Phi) is 4.02. The maximum Gasteiger partial charge on any atom is 0.0615 e. The van der Waals surface area contributed by atoms with Crippen molar-refractivity contribution >= 4 is 0 Å². The minimum absolute atomic E-state index is 0.610. The summed E-state index contributed by atoms with van der Waals surface area (Å²) in [6, 6.07) is 0.610. The molecule has 1 N–H and O–H groups in total. The van der Waals surface area contributed by atoms with Crippen LogP contribution in [0.3, 0.4) is 0 Å². The highest BCUT2D eigenvalue weighted by Crippen LogP contribution is 2.21. The maximum atomic E-state index is 5.12. The molecule has 1 saturated heterocycles. The van der Waals surface area contributed by atoms with Crippen molar-refractivity contribution in [3.8, 4) is 0 Å². The Morgan fingerprint density at radius 3 is 2.83 bits per heavy atom. The van der Waals surface area contributed by atoms with Crippen LogP contribution in [0, 0.1) is 11.8 Å². The summed E-state index contributed by atoms with van der Waals surface area (Å²) in [4.78, 5) is 0. The van der Waals surface area contributed by atoms with Gasteiger partial charge in [-0.25, -0.2) is 0 Å². The Bertz CT molecular complexity index is 125. The van der Waals surface area contributed by atoms with E-state index in [1.807, 2.05) is 0 Å². The summed E-state index contributed by atoms with van der Waals surface area (Å²) in [5, 5.41) is 3.49. The summed E-state index contributed by atoms with van der Waals surface area (Å²) >= 11 is 0. The molecule has 1 aliphatic heterocycles. The Morgan fingerprint density at radius 2 is 2.25 bits per heavy atom. The van der Waals surface area contributed by atoms with Gasteiger partial charge in [-0.3, -0.25) is 0 Å². The lowest BCUT2D eigenvalue weighted by Crippen LogP contribution is -2.25. The van der Waals surface area contributed by atoms with Crippen LogP contribution < -0.4 is 5.32 Å². The molecule has 72 valence electrons. The first-order chi connectivity index (χ1) is 5.72. The average Bonchev–Trinajstić information content (AvgIpc) is 2.36.